The third kappa shape index (κ3) is 3.71. The van der Waals surface area contributed by atoms with E-state index in [1.807, 2.05) is 18.2 Å². The Balaban J connectivity index is 1.77. The van der Waals surface area contributed by atoms with Crippen LogP contribution in [0, 0.1) is 5.92 Å². The topological polar surface area (TPSA) is 79.5 Å². The van der Waals surface area contributed by atoms with E-state index in [2.05, 4.69) is 22.0 Å². The lowest BCUT2D eigenvalue weighted by Gasteiger charge is -2.22. The third-order valence-corrected chi connectivity index (χ3v) is 4.53. The van der Waals surface area contributed by atoms with Crippen molar-refractivity contribution in [2.75, 3.05) is 26.2 Å². The van der Waals surface area contributed by atoms with Gasteiger partial charge in [0.25, 0.3) is 0 Å². The van der Waals surface area contributed by atoms with E-state index in [1.165, 1.54) is 6.92 Å². The number of fused-ring (bicyclic) bond motifs is 1. The molecular formula is C18H22N4O2. The molecule has 1 aromatic heterocycles. The van der Waals surface area contributed by atoms with E-state index in [9.17, 15) is 9.59 Å². The van der Waals surface area contributed by atoms with Crippen molar-refractivity contribution in [1.29, 1.82) is 0 Å². The molecule has 1 fully saturated rings. The highest BCUT2D eigenvalue weighted by atomic mass is 16.2. The molecule has 2 aromatic rings. The number of rotatable bonds is 3. The van der Waals surface area contributed by atoms with Crippen molar-refractivity contribution in [3.8, 4) is 0 Å². The minimum Gasteiger partial charge on any atom is -0.369 e. The lowest BCUT2D eigenvalue weighted by molar-refractivity contribution is -0.130. The molecule has 1 saturated heterocycles. The van der Waals surface area contributed by atoms with Crippen molar-refractivity contribution in [2.45, 2.75) is 13.5 Å². The second kappa shape index (κ2) is 6.97. The molecule has 0 unspecified atom stereocenters. The molecule has 1 atom stereocenters. The monoisotopic (exact) mass is 326 g/mol. The highest BCUT2D eigenvalue weighted by Gasteiger charge is 2.27. The molecule has 1 aliphatic rings. The molecule has 0 aliphatic carbocycles. The smallest absolute Gasteiger partial charge is 0.223 e. The zero-order chi connectivity index (χ0) is 17.1. The SMILES string of the molecule is CC(=O)N1CCN(Cc2ccc3ncccc3c2)C[C@H](C(N)=O)C1. The normalized spacial score (nSPS) is 19.2. The summed E-state index contributed by atoms with van der Waals surface area (Å²) in [6.07, 6.45) is 1.78. The van der Waals surface area contributed by atoms with Crippen molar-refractivity contribution in [3.05, 3.63) is 42.1 Å². The standard InChI is InChI=1S/C18H22N4O2/c1-13(23)22-8-7-21(11-16(12-22)18(19)24)10-14-4-5-17-15(9-14)3-2-6-20-17/h2-6,9,16H,7-8,10-12H2,1H3,(H2,19,24)/t16-/m0/s1. The fourth-order valence-corrected chi connectivity index (χ4v) is 3.17. The van der Waals surface area contributed by atoms with Gasteiger partial charge in [-0.2, -0.15) is 0 Å². The van der Waals surface area contributed by atoms with E-state index in [1.54, 1.807) is 11.1 Å². The Morgan fingerprint density at radius 2 is 2.08 bits per heavy atom. The average Bonchev–Trinajstić information content (AvgIpc) is 2.78. The van der Waals surface area contributed by atoms with E-state index in [-0.39, 0.29) is 17.7 Å². The number of nitrogens with zero attached hydrogens (tertiary/aromatic N) is 3. The van der Waals surface area contributed by atoms with Gasteiger partial charge < -0.3 is 10.6 Å². The number of carbonyl (C=O) groups is 2. The van der Waals surface area contributed by atoms with E-state index in [0.717, 1.165) is 29.6 Å². The van der Waals surface area contributed by atoms with Gasteiger partial charge in [-0.15, -0.1) is 0 Å². The van der Waals surface area contributed by atoms with Gasteiger partial charge in [0, 0.05) is 51.2 Å². The predicted octanol–water partition coefficient (Wildman–Crippen LogP) is 1.00. The van der Waals surface area contributed by atoms with E-state index >= 15 is 0 Å². The maximum atomic E-state index is 11.7. The van der Waals surface area contributed by atoms with Crippen molar-refractivity contribution in [3.63, 3.8) is 0 Å². The number of amides is 2. The summed E-state index contributed by atoms with van der Waals surface area (Å²) in [5, 5.41) is 1.10. The molecule has 24 heavy (non-hydrogen) atoms. The first kappa shape index (κ1) is 16.4. The maximum absolute atomic E-state index is 11.7. The van der Waals surface area contributed by atoms with Crippen LogP contribution in [-0.2, 0) is 16.1 Å². The Kier molecular flexibility index (Phi) is 4.76. The quantitative estimate of drug-likeness (QED) is 0.912. The van der Waals surface area contributed by atoms with Gasteiger partial charge in [0.2, 0.25) is 11.8 Å². The lowest BCUT2D eigenvalue weighted by atomic mass is 10.1. The van der Waals surface area contributed by atoms with E-state index < -0.39 is 0 Å². The highest BCUT2D eigenvalue weighted by molar-refractivity contribution is 5.79. The molecule has 2 heterocycles. The Labute approximate surface area is 141 Å². The average molecular weight is 326 g/mol. The van der Waals surface area contributed by atoms with Crippen LogP contribution in [0.15, 0.2) is 36.5 Å². The number of hydrogen-bond donors (Lipinski definition) is 1. The molecule has 0 bridgehead atoms. The minimum atomic E-state index is -0.351. The molecule has 0 saturated carbocycles. The van der Waals surface area contributed by atoms with Crippen LogP contribution in [0.5, 0.6) is 0 Å². The van der Waals surface area contributed by atoms with E-state index in [4.69, 9.17) is 5.73 Å². The molecule has 6 heteroatoms. The van der Waals surface area contributed by atoms with Gasteiger partial charge in [0.1, 0.15) is 0 Å². The number of carbonyl (C=O) groups excluding carboxylic acids is 2. The lowest BCUT2D eigenvalue weighted by Crippen LogP contribution is -2.39. The second-order valence-electron chi connectivity index (χ2n) is 6.33. The van der Waals surface area contributed by atoms with Crippen molar-refractivity contribution in [2.24, 2.45) is 11.7 Å². The van der Waals surface area contributed by atoms with Gasteiger partial charge in [-0.1, -0.05) is 12.1 Å². The van der Waals surface area contributed by atoms with Gasteiger partial charge in [0.15, 0.2) is 0 Å². The molecule has 0 spiro atoms. The van der Waals surface area contributed by atoms with Crippen LogP contribution in [0.3, 0.4) is 0 Å². The first-order valence-corrected chi connectivity index (χ1v) is 8.14. The van der Waals surface area contributed by atoms with Crippen LogP contribution >= 0.6 is 0 Å². The number of pyridine rings is 1. The van der Waals surface area contributed by atoms with Gasteiger partial charge >= 0.3 is 0 Å². The molecule has 1 aliphatic heterocycles. The molecule has 2 amide bonds. The molecule has 6 nitrogen and oxygen atoms in total. The predicted molar refractivity (Wildman–Crippen MR) is 92.0 cm³/mol. The summed E-state index contributed by atoms with van der Waals surface area (Å²) in [5.74, 6) is -0.700. The molecule has 2 N–H and O–H groups in total. The van der Waals surface area contributed by atoms with Crippen molar-refractivity contribution < 1.29 is 9.59 Å². The van der Waals surface area contributed by atoms with Gasteiger partial charge in [0.05, 0.1) is 11.4 Å². The number of benzene rings is 1. The zero-order valence-corrected chi connectivity index (χ0v) is 13.8. The summed E-state index contributed by atoms with van der Waals surface area (Å²) in [6, 6.07) is 10.2. The van der Waals surface area contributed by atoms with Crippen LogP contribution in [-0.4, -0.2) is 52.8 Å². The molecule has 3 rings (SSSR count). The first-order chi connectivity index (χ1) is 11.5. The van der Waals surface area contributed by atoms with Gasteiger partial charge in [-0.05, 0) is 23.8 Å². The van der Waals surface area contributed by atoms with E-state index in [0.29, 0.717) is 19.6 Å². The number of nitrogens with two attached hydrogens (primary N) is 1. The second-order valence-corrected chi connectivity index (χ2v) is 6.33. The highest BCUT2D eigenvalue weighted by Crippen LogP contribution is 2.17. The fraction of sp³-hybridized carbons (Fsp3) is 0.389. The molecular weight excluding hydrogens is 304 g/mol. The fourth-order valence-electron chi connectivity index (χ4n) is 3.17. The van der Waals surface area contributed by atoms with Gasteiger partial charge in [-0.25, -0.2) is 0 Å². The Morgan fingerprint density at radius 1 is 1.25 bits per heavy atom. The van der Waals surface area contributed by atoms with Crippen LogP contribution in [0.25, 0.3) is 10.9 Å². The summed E-state index contributed by atoms with van der Waals surface area (Å²) < 4.78 is 0. The third-order valence-electron chi connectivity index (χ3n) is 4.53. The van der Waals surface area contributed by atoms with Crippen LogP contribution in [0.1, 0.15) is 12.5 Å². The Hall–Kier alpha value is -2.47. The number of hydrogen-bond acceptors (Lipinski definition) is 4. The summed E-state index contributed by atoms with van der Waals surface area (Å²) in [6.45, 7) is 4.58. The largest absolute Gasteiger partial charge is 0.369 e. The molecule has 126 valence electrons. The van der Waals surface area contributed by atoms with Gasteiger partial charge in [-0.3, -0.25) is 19.5 Å². The summed E-state index contributed by atoms with van der Waals surface area (Å²) in [4.78, 5) is 31.6. The van der Waals surface area contributed by atoms with Crippen LogP contribution in [0.4, 0.5) is 0 Å². The minimum absolute atomic E-state index is 0.0140. The Morgan fingerprint density at radius 3 is 2.83 bits per heavy atom. The summed E-state index contributed by atoms with van der Waals surface area (Å²) >= 11 is 0. The van der Waals surface area contributed by atoms with Crippen molar-refractivity contribution in [1.82, 2.24) is 14.8 Å². The van der Waals surface area contributed by atoms with Crippen LogP contribution in [0.2, 0.25) is 0 Å². The first-order valence-electron chi connectivity index (χ1n) is 8.14. The summed E-state index contributed by atoms with van der Waals surface area (Å²) in [5.41, 5.74) is 7.65. The Bertz CT molecular complexity index is 762. The zero-order valence-electron chi connectivity index (χ0n) is 13.8. The molecule has 0 radical (unpaired) electrons. The number of primary amides is 1. The van der Waals surface area contributed by atoms with Crippen molar-refractivity contribution >= 4 is 22.7 Å². The molecule has 1 aromatic carbocycles. The number of aromatic nitrogens is 1. The van der Waals surface area contributed by atoms with Crippen LogP contribution < -0.4 is 5.73 Å². The maximum Gasteiger partial charge on any atom is 0.223 e. The summed E-state index contributed by atoms with van der Waals surface area (Å²) in [7, 11) is 0.